The quantitative estimate of drug-likeness (QED) is 0.626. The van der Waals surface area contributed by atoms with Crippen LogP contribution < -0.4 is 0 Å². The number of rotatable bonds is 4. The summed E-state index contributed by atoms with van der Waals surface area (Å²) in [7, 11) is 0. The molecule has 1 aliphatic carbocycles. The number of hydrogen-bond acceptors (Lipinski definition) is 3. The Morgan fingerprint density at radius 1 is 1.41 bits per heavy atom. The standard InChI is InChI=1S/C18H23NO3/c1-5-10-21-16-11-13-8-6-7-9-14(13)15(16)12-19-17(20)22-18(2,3)4/h5-9,12,15-16H,1,10-11H2,2-4H3/b19-12+/t15?,16-/m0/s1. The molecule has 0 aromatic heterocycles. The minimum absolute atomic E-state index is 0.0263. The van der Waals surface area contributed by atoms with Crippen molar-refractivity contribution in [3.05, 3.63) is 48.0 Å². The molecule has 2 rings (SSSR count). The molecule has 1 amide bonds. The lowest BCUT2D eigenvalue weighted by atomic mass is 10.0. The average Bonchev–Trinajstić information content (AvgIpc) is 2.78. The van der Waals surface area contributed by atoms with Crippen LogP contribution in [0.25, 0.3) is 0 Å². The lowest BCUT2D eigenvalue weighted by molar-refractivity contribution is 0.0601. The Balaban J connectivity index is 2.14. The van der Waals surface area contributed by atoms with Crippen molar-refractivity contribution in [3.8, 4) is 0 Å². The van der Waals surface area contributed by atoms with Crippen molar-refractivity contribution in [2.45, 2.75) is 44.8 Å². The van der Waals surface area contributed by atoms with E-state index in [4.69, 9.17) is 9.47 Å². The molecule has 22 heavy (non-hydrogen) atoms. The fourth-order valence-electron chi connectivity index (χ4n) is 2.55. The summed E-state index contributed by atoms with van der Waals surface area (Å²) in [4.78, 5) is 15.7. The van der Waals surface area contributed by atoms with Crippen LogP contribution in [0.2, 0.25) is 0 Å². The van der Waals surface area contributed by atoms with Crippen LogP contribution in [-0.4, -0.2) is 30.6 Å². The highest BCUT2D eigenvalue weighted by Gasteiger charge is 2.32. The minimum atomic E-state index is -0.570. The molecule has 4 heteroatoms. The number of nitrogens with zero attached hydrogens (tertiary/aromatic N) is 1. The van der Waals surface area contributed by atoms with Crippen LogP contribution in [0.15, 0.2) is 41.9 Å². The zero-order valence-corrected chi connectivity index (χ0v) is 13.4. The van der Waals surface area contributed by atoms with Crippen molar-refractivity contribution < 1.29 is 14.3 Å². The van der Waals surface area contributed by atoms with Crippen molar-refractivity contribution in [1.29, 1.82) is 0 Å². The molecule has 1 aliphatic rings. The van der Waals surface area contributed by atoms with E-state index < -0.39 is 11.7 Å². The van der Waals surface area contributed by atoms with E-state index in [1.807, 2.05) is 32.9 Å². The molecule has 2 atom stereocenters. The van der Waals surface area contributed by atoms with E-state index in [2.05, 4.69) is 23.7 Å². The number of carbonyl (C=O) groups excluding carboxylic acids is 1. The Morgan fingerprint density at radius 3 is 2.82 bits per heavy atom. The molecule has 0 bridgehead atoms. The molecule has 0 N–H and O–H groups in total. The van der Waals surface area contributed by atoms with E-state index in [1.54, 1.807) is 12.3 Å². The smallest absolute Gasteiger partial charge is 0.433 e. The Hall–Kier alpha value is -1.94. The molecule has 4 nitrogen and oxygen atoms in total. The number of ether oxygens (including phenoxy) is 2. The number of hydrogen-bond donors (Lipinski definition) is 0. The maximum Gasteiger partial charge on any atom is 0.433 e. The summed E-state index contributed by atoms with van der Waals surface area (Å²) in [6.07, 6.45) is 3.59. The van der Waals surface area contributed by atoms with Crippen LogP contribution >= 0.6 is 0 Å². The van der Waals surface area contributed by atoms with Crippen LogP contribution in [0.1, 0.15) is 37.8 Å². The predicted molar refractivity (Wildman–Crippen MR) is 87.6 cm³/mol. The van der Waals surface area contributed by atoms with E-state index in [0.717, 1.165) is 12.0 Å². The fraction of sp³-hybridized carbons (Fsp3) is 0.444. The van der Waals surface area contributed by atoms with Gasteiger partial charge in [0.25, 0.3) is 0 Å². The van der Waals surface area contributed by atoms with Gasteiger partial charge in [-0.2, -0.15) is 4.99 Å². The van der Waals surface area contributed by atoms with Gasteiger partial charge in [0.1, 0.15) is 5.60 Å². The van der Waals surface area contributed by atoms with Gasteiger partial charge in [0, 0.05) is 12.1 Å². The average molecular weight is 301 g/mol. The topological polar surface area (TPSA) is 47.9 Å². The molecule has 0 spiro atoms. The number of benzene rings is 1. The van der Waals surface area contributed by atoms with Crippen LogP contribution in [0.5, 0.6) is 0 Å². The van der Waals surface area contributed by atoms with Gasteiger partial charge in [-0.15, -0.1) is 6.58 Å². The third-order valence-electron chi connectivity index (χ3n) is 3.40. The van der Waals surface area contributed by atoms with Gasteiger partial charge in [-0.25, -0.2) is 4.79 Å². The fourth-order valence-corrected chi connectivity index (χ4v) is 2.55. The highest BCUT2D eigenvalue weighted by atomic mass is 16.6. The minimum Gasteiger partial charge on any atom is -0.442 e. The first-order chi connectivity index (χ1) is 10.4. The van der Waals surface area contributed by atoms with Gasteiger partial charge < -0.3 is 9.47 Å². The Labute approximate surface area is 131 Å². The SMILES string of the molecule is C=CCO[C@H]1Cc2ccccc2C1/C=N/C(=O)OC(C)(C)C. The highest BCUT2D eigenvalue weighted by molar-refractivity contribution is 5.84. The van der Waals surface area contributed by atoms with Crippen molar-refractivity contribution in [1.82, 2.24) is 0 Å². The van der Waals surface area contributed by atoms with Gasteiger partial charge in [-0.1, -0.05) is 30.3 Å². The molecule has 0 radical (unpaired) electrons. The summed E-state index contributed by atoms with van der Waals surface area (Å²) >= 11 is 0. The van der Waals surface area contributed by atoms with E-state index in [9.17, 15) is 4.79 Å². The normalized spacial score (nSPS) is 20.9. The molecular formula is C18H23NO3. The van der Waals surface area contributed by atoms with E-state index in [-0.39, 0.29) is 12.0 Å². The lowest BCUT2D eigenvalue weighted by Gasteiger charge is -2.18. The van der Waals surface area contributed by atoms with E-state index >= 15 is 0 Å². The molecule has 0 saturated carbocycles. The van der Waals surface area contributed by atoms with Gasteiger partial charge >= 0.3 is 6.09 Å². The van der Waals surface area contributed by atoms with Crippen LogP contribution in [0, 0.1) is 0 Å². The monoisotopic (exact) mass is 301 g/mol. The number of fused-ring (bicyclic) bond motifs is 1. The molecular weight excluding hydrogens is 278 g/mol. The lowest BCUT2D eigenvalue weighted by Crippen LogP contribution is -2.23. The molecule has 0 fully saturated rings. The molecule has 1 unspecified atom stereocenters. The van der Waals surface area contributed by atoms with Gasteiger partial charge in [-0.05, 0) is 38.3 Å². The zero-order valence-electron chi connectivity index (χ0n) is 13.4. The maximum absolute atomic E-state index is 11.8. The molecule has 0 heterocycles. The Kier molecular flexibility index (Phi) is 5.14. The maximum atomic E-state index is 11.8. The second-order valence-electron chi connectivity index (χ2n) is 6.35. The molecule has 0 saturated heterocycles. The van der Waals surface area contributed by atoms with Gasteiger partial charge in [0.15, 0.2) is 0 Å². The summed E-state index contributed by atoms with van der Waals surface area (Å²) in [6.45, 7) is 9.62. The van der Waals surface area contributed by atoms with Gasteiger partial charge in [-0.3, -0.25) is 0 Å². The van der Waals surface area contributed by atoms with Crippen LogP contribution in [0.3, 0.4) is 0 Å². The van der Waals surface area contributed by atoms with Crippen molar-refractivity contribution in [2.75, 3.05) is 6.61 Å². The second kappa shape index (κ2) is 6.88. The van der Waals surface area contributed by atoms with Crippen molar-refractivity contribution in [2.24, 2.45) is 4.99 Å². The van der Waals surface area contributed by atoms with E-state index in [1.165, 1.54) is 5.56 Å². The van der Waals surface area contributed by atoms with Crippen LogP contribution in [0.4, 0.5) is 4.79 Å². The first-order valence-corrected chi connectivity index (χ1v) is 7.48. The van der Waals surface area contributed by atoms with Gasteiger partial charge in [0.05, 0.1) is 12.7 Å². The third kappa shape index (κ3) is 4.28. The first kappa shape index (κ1) is 16.4. The summed E-state index contributed by atoms with van der Waals surface area (Å²) in [6, 6.07) is 8.14. The zero-order chi connectivity index (χ0) is 16.2. The summed E-state index contributed by atoms with van der Waals surface area (Å²) in [5.74, 6) is -0.0383. The Morgan fingerprint density at radius 2 is 2.14 bits per heavy atom. The molecule has 0 aliphatic heterocycles. The van der Waals surface area contributed by atoms with Crippen molar-refractivity contribution in [3.63, 3.8) is 0 Å². The summed E-state index contributed by atoms with van der Waals surface area (Å²) in [5.41, 5.74) is 1.85. The third-order valence-corrected chi connectivity index (χ3v) is 3.40. The highest BCUT2D eigenvalue weighted by Crippen LogP contribution is 2.34. The Bertz CT molecular complexity index is 572. The van der Waals surface area contributed by atoms with Crippen LogP contribution in [-0.2, 0) is 15.9 Å². The predicted octanol–water partition coefficient (Wildman–Crippen LogP) is 3.90. The van der Waals surface area contributed by atoms with Gasteiger partial charge in [0.2, 0.25) is 0 Å². The summed E-state index contributed by atoms with van der Waals surface area (Å²) < 4.78 is 11.0. The van der Waals surface area contributed by atoms with Crippen molar-refractivity contribution >= 4 is 12.3 Å². The second-order valence-corrected chi connectivity index (χ2v) is 6.35. The number of carbonyl (C=O) groups is 1. The molecule has 1 aromatic rings. The number of aliphatic imine (C=N–C) groups is 1. The first-order valence-electron chi connectivity index (χ1n) is 7.48. The number of amides is 1. The van der Waals surface area contributed by atoms with E-state index in [0.29, 0.717) is 6.61 Å². The molecule has 1 aromatic carbocycles. The largest absolute Gasteiger partial charge is 0.442 e. The summed E-state index contributed by atoms with van der Waals surface area (Å²) in [5, 5.41) is 0. The molecule has 118 valence electrons.